The van der Waals surface area contributed by atoms with Gasteiger partial charge in [-0.15, -0.1) is 0 Å². The molecule has 13 heteroatoms. The predicted molar refractivity (Wildman–Crippen MR) is 182 cm³/mol. The van der Waals surface area contributed by atoms with Crippen LogP contribution in [0.4, 0.5) is 28.8 Å². The summed E-state index contributed by atoms with van der Waals surface area (Å²) >= 11 is 0. The zero-order chi connectivity index (χ0) is 33.3. The number of benzene rings is 2. The molecule has 2 aromatic carbocycles. The Hall–Kier alpha value is -4.23. The van der Waals surface area contributed by atoms with Crippen LogP contribution in [0.5, 0.6) is 0 Å². The predicted octanol–water partition coefficient (Wildman–Crippen LogP) is 4.82. The van der Waals surface area contributed by atoms with Crippen LogP contribution in [0, 0.1) is 6.92 Å². The summed E-state index contributed by atoms with van der Waals surface area (Å²) in [5.74, 6) is 0.881. The molecule has 1 saturated heterocycles. The minimum absolute atomic E-state index is 0.163. The van der Waals surface area contributed by atoms with Gasteiger partial charge in [-0.25, -0.2) is 18.1 Å². The molecule has 2 amide bonds. The molecule has 0 spiro atoms. The van der Waals surface area contributed by atoms with Crippen LogP contribution in [-0.2, 0) is 19.6 Å². The van der Waals surface area contributed by atoms with E-state index in [1.165, 1.54) is 0 Å². The average molecular weight is 651 g/mol. The van der Waals surface area contributed by atoms with E-state index in [-0.39, 0.29) is 16.7 Å². The van der Waals surface area contributed by atoms with E-state index >= 15 is 0 Å². The molecule has 1 aliphatic rings. The van der Waals surface area contributed by atoms with Gasteiger partial charge in [-0.2, -0.15) is 4.98 Å². The molecule has 0 aliphatic carbocycles. The van der Waals surface area contributed by atoms with Gasteiger partial charge in [0.25, 0.3) is 0 Å². The Morgan fingerprint density at radius 2 is 1.57 bits per heavy atom. The fourth-order valence-electron chi connectivity index (χ4n) is 5.15. The second-order valence-electron chi connectivity index (χ2n) is 12.7. The van der Waals surface area contributed by atoms with Crippen molar-refractivity contribution < 1.29 is 18.0 Å². The van der Waals surface area contributed by atoms with E-state index in [2.05, 4.69) is 30.2 Å². The second-order valence-corrected chi connectivity index (χ2v) is 14.3. The fourth-order valence-corrected chi connectivity index (χ4v) is 6.62. The standard InChI is InChI=1S/C33H46N8O4S/c1-24-23-35-32(38-31(24)36-26-10-9-11-28(22-26)46(44,45)39-33(2,3)4)37-25-14-16-27(17-15-25)40-18-20-41(21-19-40)30(43)13-8-6-5-7-12-29(34)42/h9-11,14-17,22-23,39H,5-8,12-13,18-21H2,1-4H3,(H2,34,42)(H2,35,36,37,38). The first-order valence-electron chi connectivity index (χ1n) is 15.7. The lowest BCUT2D eigenvalue weighted by Crippen LogP contribution is -2.48. The van der Waals surface area contributed by atoms with E-state index in [1.54, 1.807) is 51.2 Å². The number of nitrogens with one attached hydrogen (secondary N) is 3. The molecule has 4 rings (SSSR count). The number of aryl methyl sites for hydroxylation is 1. The van der Waals surface area contributed by atoms with E-state index in [0.29, 0.717) is 43.4 Å². The Morgan fingerprint density at radius 3 is 2.22 bits per heavy atom. The smallest absolute Gasteiger partial charge is 0.241 e. The Morgan fingerprint density at radius 1 is 0.891 bits per heavy atom. The van der Waals surface area contributed by atoms with Gasteiger partial charge in [0.1, 0.15) is 5.82 Å². The SMILES string of the molecule is Cc1cnc(Nc2ccc(N3CCN(C(=O)CCCCCCC(N)=O)CC3)cc2)nc1Nc1cccc(S(=O)(=O)NC(C)(C)C)c1. The molecule has 1 aromatic heterocycles. The van der Waals surface area contributed by atoms with E-state index in [9.17, 15) is 18.0 Å². The summed E-state index contributed by atoms with van der Waals surface area (Å²) in [6.45, 7) is 10.2. The molecule has 0 saturated carbocycles. The summed E-state index contributed by atoms with van der Waals surface area (Å²) in [4.78, 5) is 36.9. The van der Waals surface area contributed by atoms with Crippen molar-refractivity contribution >= 4 is 50.7 Å². The van der Waals surface area contributed by atoms with E-state index < -0.39 is 15.6 Å². The third-order valence-electron chi connectivity index (χ3n) is 7.50. The molecule has 5 N–H and O–H groups in total. The average Bonchev–Trinajstić information content (AvgIpc) is 3.00. The van der Waals surface area contributed by atoms with Crippen molar-refractivity contribution in [3.8, 4) is 0 Å². The summed E-state index contributed by atoms with van der Waals surface area (Å²) in [5.41, 5.74) is 7.87. The van der Waals surface area contributed by atoms with Gasteiger partial charge < -0.3 is 26.2 Å². The third kappa shape index (κ3) is 10.4. The number of carbonyl (C=O) groups is 2. The number of nitrogens with two attached hydrogens (primary N) is 1. The first-order chi connectivity index (χ1) is 21.8. The van der Waals surface area contributed by atoms with Crippen molar-refractivity contribution in [1.29, 1.82) is 0 Å². The lowest BCUT2D eigenvalue weighted by atomic mass is 10.1. The maximum atomic E-state index is 12.8. The van der Waals surface area contributed by atoms with Crippen LogP contribution in [0.25, 0.3) is 0 Å². The number of hydrogen-bond donors (Lipinski definition) is 4. The number of piperazine rings is 1. The highest BCUT2D eigenvalue weighted by Gasteiger charge is 2.23. The third-order valence-corrected chi connectivity index (χ3v) is 9.26. The number of amides is 2. The summed E-state index contributed by atoms with van der Waals surface area (Å²) < 4.78 is 28.3. The van der Waals surface area contributed by atoms with Gasteiger partial charge in [-0.1, -0.05) is 18.9 Å². The lowest BCUT2D eigenvalue weighted by Gasteiger charge is -2.36. The Kier molecular flexibility index (Phi) is 11.6. The van der Waals surface area contributed by atoms with Gasteiger partial charge in [-0.05, 0) is 83.0 Å². The Bertz CT molecular complexity index is 1600. The number of sulfonamides is 1. The number of carbonyl (C=O) groups excluding carboxylic acids is 2. The molecule has 12 nitrogen and oxygen atoms in total. The van der Waals surface area contributed by atoms with Crippen molar-refractivity contribution in [2.75, 3.05) is 41.7 Å². The fraction of sp³-hybridized carbons (Fsp3) is 0.455. The van der Waals surface area contributed by atoms with Crippen LogP contribution in [-0.4, -0.2) is 66.8 Å². The lowest BCUT2D eigenvalue weighted by molar-refractivity contribution is -0.131. The number of aromatic nitrogens is 2. The number of nitrogens with zero attached hydrogens (tertiary/aromatic N) is 4. The highest BCUT2D eigenvalue weighted by Crippen LogP contribution is 2.25. The molecule has 46 heavy (non-hydrogen) atoms. The second kappa shape index (κ2) is 15.4. The first-order valence-corrected chi connectivity index (χ1v) is 17.2. The minimum atomic E-state index is -3.69. The van der Waals surface area contributed by atoms with E-state index in [1.807, 2.05) is 36.1 Å². The van der Waals surface area contributed by atoms with Crippen molar-refractivity contribution in [1.82, 2.24) is 19.6 Å². The molecule has 3 aromatic rings. The van der Waals surface area contributed by atoms with Crippen LogP contribution in [0.15, 0.2) is 59.6 Å². The normalized spacial score (nSPS) is 13.8. The Labute approximate surface area is 272 Å². The highest BCUT2D eigenvalue weighted by atomic mass is 32.2. The van der Waals surface area contributed by atoms with E-state index in [4.69, 9.17) is 5.73 Å². The number of primary amides is 1. The molecule has 0 unspecified atom stereocenters. The van der Waals surface area contributed by atoms with Crippen LogP contribution >= 0.6 is 0 Å². The van der Waals surface area contributed by atoms with Gasteiger partial charge >= 0.3 is 0 Å². The van der Waals surface area contributed by atoms with Crippen LogP contribution < -0.4 is 26.0 Å². The van der Waals surface area contributed by atoms with Gasteiger partial charge in [0.15, 0.2) is 0 Å². The van der Waals surface area contributed by atoms with Gasteiger partial charge in [-0.3, -0.25) is 9.59 Å². The topological polar surface area (TPSA) is 163 Å². The number of rotatable bonds is 14. The van der Waals surface area contributed by atoms with Crippen molar-refractivity contribution in [2.24, 2.45) is 5.73 Å². The molecule has 0 radical (unpaired) electrons. The van der Waals surface area contributed by atoms with E-state index in [0.717, 1.165) is 55.7 Å². The van der Waals surface area contributed by atoms with Crippen molar-refractivity contribution in [2.45, 2.75) is 76.7 Å². The van der Waals surface area contributed by atoms with Crippen molar-refractivity contribution in [3.05, 3.63) is 60.3 Å². The maximum absolute atomic E-state index is 12.8. The molecule has 1 aliphatic heterocycles. The number of hydrogen-bond acceptors (Lipinski definition) is 9. The molecule has 248 valence electrons. The summed E-state index contributed by atoms with van der Waals surface area (Å²) in [6.07, 6.45) is 6.13. The molecular formula is C33H46N8O4S. The molecule has 0 atom stereocenters. The molecular weight excluding hydrogens is 604 g/mol. The molecule has 0 bridgehead atoms. The molecule has 2 heterocycles. The quantitative estimate of drug-likeness (QED) is 0.179. The zero-order valence-electron chi connectivity index (χ0n) is 27.2. The Balaban J connectivity index is 1.29. The van der Waals surface area contributed by atoms with Crippen molar-refractivity contribution in [3.63, 3.8) is 0 Å². The number of anilines is 5. The van der Waals surface area contributed by atoms with Crippen LogP contribution in [0.3, 0.4) is 0 Å². The summed E-state index contributed by atoms with van der Waals surface area (Å²) in [5, 5.41) is 6.47. The highest BCUT2D eigenvalue weighted by molar-refractivity contribution is 7.89. The largest absolute Gasteiger partial charge is 0.370 e. The minimum Gasteiger partial charge on any atom is -0.370 e. The van der Waals surface area contributed by atoms with Crippen LogP contribution in [0.1, 0.15) is 64.9 Å². The summed E-state index contributed by atoms with van der Waals surface area (Å²) in [7, 11) is -3.69. The number of unbranched alkanes of at least 4 members (excludes halogenated alkanes) is 3. The first kappa shape index (κ1) is 34.6. The monoisotopic (exact) mass is 650 g/mol. The van der Waals surface area contributed by atoms with Gasteiger partial charge in [0.2, 0.25) is 27.8 Å². The molecule has 1 fully saturated rings. The van der Waals surface area contributed by atoms with Crippen LogP contribution in [0.2, 0.25) is 0 Å². The maximum Gasteiger partial charge on any atom is 0.241 e. The summed E-state index contributed by atoms with van der Waals surface area (Å²) in [6, 6.07) is 14.6. The zero-order valence-corrected chi connectivity index (χ0v) is 28.0. The van der Waals surface area contributed by atoms with Gasteiger partial charge in [0.05, 0.1) is 4.90 Å². The van der Waals surface area contributed by atoms with Gasteiger partial charge in [0, 0.05) is 73.4 Å².